The Labute approximate surface area is 206 Å². The van der Waals surface area contributed by atoms with Crippen molar-refractivity contribution in [3.05, 3.63) is 77.2 Å². The largest absolute Gasteiger partial charge is 0.496 e. The fourth-order valence-electron chi connectivity index (χ4n) is 3.78. The van der Waals surface area contributed by atoms with Crippen LogP contribution in [0.15, 0.2) is 54.6 Å². The molecule has 0 aliphatic rings. The number of aromatic nitrogens is 2. The Morgan fingerprint density at radius 3 is 2.63 bits per heavy atom. The standard InChI is InChI=1S/C27H34FN5O2/c1-18(2)14-23(26(34)30-17-20-8-7-10-22(28)16-20)32-25-15-19(3)31-27(33-25)29-13-12-21-9-5-6-11-24(21)35-4/h5-11,15-16,18,23H,12-14,17H2,1-4H3,(H,30,34)(H2,29,31,32,33)/t23-/m0/s1. The van der Waals surface area contributed by atoms with Crippen LogP contribution in [0.2, 0.25) is 0 Å². The highest BCUT2D eigenvalue weighted by molar-refractivity contribution is 5.84. The van der Waals surface area contributed by atoms with Gasteiger partial charge in [-0.25, -0.2) is 9.37 Å². The summed E-state index contributed by atoms with van der Waals surface area (Å²) in [5, 5.41) is 9.44. The van der Waals surface area contributed by atoms with E-state index in [1.165, 1.54) is 12.1 Å². The fraction of sp³-hybridized carbons (Fsp3) is 0.370. The first-order chi connectivity index (χ1) is 16.8. The van der Waals surface area contributed by atoms with E-state index in [-0.39, 0.29) is 24.2 Å². The summed E-state index contributed by atoms with van der Waals surface area (Å²) in [7, 11) is 1.66. The van der Waals surface area contributed by atoms with Gasteiger partial charge in [0.2, 0.25) is 11.9 Å². The molecule has 0 fully saturated rings. The van der Waals surface area contributed by atoms with E-state index in [0.717, 1.165) is 23.4 Å². The first kappa shape index (κ1) is 25.9. The average molecular weight is 480 g/mol. The minimum absolute atomic E-state index is 0.162. The minimum Gasteiger partial charge on any atom is -0.496 e. The third-order valence-electron chi connectivity index (χ3n) is 5.43. The number of aryl methyl sites for hydroxylation is 1. The van der Waals surface area contributed by atoms with Gasteiger partial charge in [-0.15, -0.1) is 0 Å². The smallest absolute Gasteiger partial charge is 0.242 e. The maximum absolute atomic E-state index is 13.5. The molecule has 0 saturated carbocycles. The predicted molar refractivity (Wildman–Crippen MR) is 137 cm³/mol. The molecule has 0 aliphatic heterocycles. The van der Waals surface area contributed by atoms with Gasteiger partial charge >= 0.3 is 0 Å². The lowest BCUT2D eigenvalue weighted by atomic mass is 10.0. The molecular weight excluding hydrogens is 445 g/mol. The van der Waals surface area contributed by atoms with E-state index < -0.39 is 6.04 Å². The van der Waals surface area contributed by atoms with Crippen LogP contribution in [0.4, 0.5) is 16.2 Å². The number of ether oxygens (including phenoxy) is 1. The summed E-state index contributed by atoms with van der Waals surface area (Å²) in [6.07, 6.45) is 1.37. The number of para-hydroxylation sites is 1. The number of hydrogen-bond donors (Lipinski definition) is 3. The van der Waals surface area contributed by atoms with E-state index in [2.05, 4.69) is 39.8 Å². The lowest BCUT2D eigenvalue weighted by Gasteiger charge is -2.21. The highest BCUT2D eigenvalue weighted by atomic mass is 19.1. The van der Waals surface area contributed by atoms with Crippen LogP contribution >= 0.6 is 0 Å². The van der Waals surface area contributed by atoms with E-state index in [1.807, 2.05) is 37.3 Å². The van der Waals surface area contributed by atoms with Crippen molar-refractivity contribution in [3.63, 3.8) is 0 Å². The fourth-order valence-corrected chi connectivity index (χ4v) is 3.78. The van der Waals surface area contributed by atoms with E-state index >= 15 is 0 Å². The Morgan fingerprint density at radius 1 is 1.09 bits per heavy atom. The van der Waals surface area contributed by atoms with Crippen LogP contribution in [0.25, 0.3) is 0 Å². The molecule has 8 heteroatoms. The summed E-state index contributed by atoms with van der Waals surface area (Å²) in [4.78, 5) is 22.0. The molecule has 7 nitrogen and oxygen atoms in total. The van der Waals surface area contributed by atoms with Crippen molar-refractivity contribution in [1.29, 1.82) is 0 Å². The number of anilines is 2. The van der Waals surface area contributed by atoms with Crippen LogP contribution in [-0.2, 0) is 17.8 Å². The molecule has 2 aromatic carbocycles. The van der Waals surface area contributed by atoms with Gasteiger partial charge in [-0.3, -0.25) is 4.79 Å². The monoisotopic (exact) mass is 479 g/mol. The number of carbonyl (C=O) groups is 1. The Bertz CT molecular complexity index is 1120. The van der Waals surface area contributed by atoms with Crippen LogP contribution < -0.4 is 20.7 Å². The van der Waals surface area contributed by atoms with Gasteiger partial charge in [-0.2, -0.15) is 4.98 Å². The Morgan fingerprint density at radius 2 is 1.89 bits per heavy atom. The third-order valence-corrected chi connectivity index (χ3v) is 5.43. The Kier molecular flexibility index (Phi) is 9.40. The lowest BCUT2D eigenvalue weighted by Crippen LogP contribution is -2.40. The number of nitrogens with zero attached hydrogens (tertiary/aromatic N) is 2. The molecule has 0 spiro atoms. The summed E-state index contributed by atoms with van der Waals surface area (Å²) in [6, 6.07) is 15.4. The number of rotatable bonds is 12. The molecule has 1 amide bonds. The van der Waals surface area contributed by atoms with Crippen molar-refractivity contribution in [3.8, 4) is 5.75 Å². The summed E-state index contributed by atoms with van der Waals surface area (Å²) >= 11 is 0. The third kappa shape index (κ3) is 8.24. The molecule has 3 rings (SSSR count). The zero-order valence-electron chi connectivity index (χ0n) is 20.8. The molecule has 0 saturated heterocycles. The van der Waals surface area contributed by atoms with Crippen LogP contribution in [0.1, 0.15) is 37.1 Å². The summed E-state index contributed by atoms with van der Waals surface area (Å²) in [5.74, 6) is 1.71. The van der Waals surface area contributed by atoms with E-state index in [9.17, 15) is 9.18 Å². The van der Waals surface area contributed by atoms with Gasteiger partial charge in [0, 0.05) is 24.8 Å². The maximum Gasteiger partial charge on any atom is 0.242 e. The molecule has 186 valence electrons. The molecule has 3 N–H and O–H groups in total. The van der Waals surface area contributed by atoms with Crippen molar-refractivity contribution < 1.29 is 13.9 Å². The van der Waals surface area contributed by atoms with Gasteiger partial charge in [0.25, 0.3) is 0 Å². The van der Waals surface area contributed by atoms with Crippen LogP contribution in [0.5, 0.6) is 5.75 Å². The zero-order valence-corrected chi connectivity index (χ0v) is 20.8. The number of nitrogens with one attached hydrogen (secondary N) is 3. The quantitative estimate of drug-likeness (QED) is 0.348. The highest BCUT2D eigenvalue weighted by Gasteiger charge is 2.20. The normalized spacial score (nSPS) is 11.7. The molecule has 0 radical (unpaired) electrons. The molecule has 0 aliphatic carbocycles. The first-order valence-corrected chi connectivity index (χ1v) is 11.8. The Hall–Kier alpha value is -3.68. The number of benzene rings is 2. The lowest BCUT2D eigenvalue weighted by molar-refractivity contribution is -0.122. The average Bonchev–Trinajstić information content (AvgIpc) is 2.82. The van der Waals surface area contributed by atoms with Gasteiger partial charge in [-0.1, -0.05) is 44.2 Å². The van der Waals surface area contributed by atoms with Crippen molar-refractivity contribution in [2.24, 2.45) is 5.92 Å². The molecule has 1 atom stereocenters. The topological polar surface area (TPSA) is 88.2 Å². The van der Waals surface area contributed by atoms with Crippen molar-refractivity contribution >= 4 is 17.7 Å². The van der Waals surface area contributed by atoms with Gasteiger partial charge in [0.15, 0.2) is 0 Å². The summed E-state index contributed by atoms with van der Waals surface area (Å²) in [6.45, 7) is 6.90. The van der Waals surface area contributed by atoms with Crippen LogP contribution in [0, 0.1) is 18.7 Å². The zero-order chi connectivity index (χ0) is 25.2. The van der Waals surface area contributed by atoms with E-state index in [0.29, 0.717) is 30.3 Å². The van der Waals surface area contributed by atoms with E-state index in [4.69, 9.17) is 4.74 Å². The van der Waals surface area contributed by atoms with Crippen molar-refractivity contribution in [2.75, 3.05) is 24.3 Å². The number of hydrogen-bond acceptors (Lipinski definition) is 6. The summed E-state index contributed by atoms with van der Waals surface area (Å²) in [5.41, 5.74) is 2.59. The molecule has 1 aromatic heterocycles. The Balaban J connectivity index is 1.64. The first-order valence-electron chi connectivity index (χ1n) is 11.8. The van der Waals surface area contributed by atoms with Gasteiger partial charge < -0.3 is 20.7 Å². The second kappa shape index (κ2) is 12.7. The van der Waals surface area contributed by atoms with Crippen molar-refractivity contribution in [1.82, 2.24) is 15.3 Å². The number of amides is 1. The summed E-state index contributed by atoms with van der Waals surface area (Å²) < 4.78 is 18.9. The van der Waals surface area contributed by atoms with Gasteiger partial charge in [-0.05, 0) is 55.0 Å². The molecule has 3 aromatic rings. The highest BCUT2D eigenvalue weighted by Crippen LogP contribution is 2.18. The second-order valence-electron chi connectivity index (χ2n) is 8.88. The molecular formula is C27H34FN5O2. The SMILES string of the molecule is COc1ccccc1CCNc1nc(C)cc(N[C@@H](CC(C)C)C(=O)NCc2cccc(F)c2)n1. The molecule has 1 heterocycles. The van der Waals surface area contributed by atoms with Gasteiger partial charge in [0.1, 0.15) is 23.4 Å². The number of carbonyl (C=O) groups excluding carboxylic acids is 1. The van der Waals surface area contributed by atoms with Crippen LogP contribution in [-0.4, -0.2) is 35.6 Å². The number of methoxy groups -OCH3 is 1. The minimum atomic E-state index is -0.487. The molecule has 0 bridgehead atoms. The van der Waals surface area contributed by atoms with Gasteiger partial charge in [0.05, 0.1) is 7.11 Å². The predicted octanol–water partition coefficient (Wildman–Crippen LogP) is 4.73. The maximum atomic E-state index is 13.5. The van der Waals surface area contributed by atoms with Crippen LogP contribution in [0.3, 0.4) is 0 Å². The van der Waals surface area contributed by atoms with Crippen molar-refractivity contribution in [2.45, 2.75) is 46.2 Å². The second-order valence-corrected chi connectivity index (χ2v) is 8.88. The molecule has 35 heavy (non-hydrogen) atoms. The number of halogens is 1. The van der Waals surface area contributed by atoms with E-state index in [1.54, 1.807) is 19.2 Å². The molecule has 0 unspecified atom stereocenters.